The maximum atomic E-state index is 12.7. The van der Waals surface area contributed by atoms with E-state index >= 15 is 0 Å². The van der Waals surface area contributed by atoms with Crippen molar-refractivity contribution >= 4 is 33.6 Å². The van der Waals surface area contributed by atoms with Crippen LogP contribution in [0.2, 0.25) is 0 Å². The van der Waals surface area contributed by atoms with E-state index in [-0.39, 0.29) is 10.6 Å². The number of imide groups is 1. The standard InChI is InChI=1S/C22H24N4O5S/c27-20(15-26-21(28)19(24-22(26)29)13-16-7-2-1-3-8-16)23-17-9-6-10-18(14-17)32(30,31)25-11-4-5-12-25/h1-3,6-10,14,19H,4-5,11-13,15H2,(H,23,27)(H,24,29). The fraction of sp³-hybridized carbons (Fsp3) is 0.318. The van der Waals surface area contributed by atoms with E-state index in [2.05, 4.69) is 10.6 Å². The molecule has 9 nitrogen and oxygen atoms in total. The van der Waals surface area contributed by atoms with Crippen LogP contribution in [0.15, 0.2) is 59.5 Å². The fourth-order valence-corrected chi connectivity index (χ4v) is 5.43. The van der Waals surface area contributed by atoms with Gasteiger partial charge in [0.15, 0.2) is 0 Å². The molecule has 2 fully saturated rings. The van der Waals surface area contributed by atoms with Crippen LogP contribution < -0.4 is 10.6 Å². The maximum absolute atomic E-state index is 12.7. The Balaban J connectivity index is 1.39. The van der Waals surface area contributed by atoms with E-state index in [0.717, 1.165) is 23.3 Å². The number of sulfonamides is 1. The van der Waals surface area contributed by atoms with E-state index < -0.39 is 40.5 Å². The molecular formula is C22H24N4O5S. The lowest BCUT2D eigenvalue weighted by molar-refractivity contribution is -0.130. The van der Waals surface area contributed by atoms with Gasteiger partial charge in [-0.25, -0.2) is 13.2 Å². The Morgan fingerprint density at radius 2 is 1.75 bits per heavy atom. The van der Waals surface area contributed by atoms with Gasteiger partial charge in [-0.05, 0) is 36.6 Å². The molecule has 2 aromatic carbocycles. The zero-order chi connectivity index (χ0) is 22.7. The van der Waals surface area contributed by atoms with Crippen LogP contribution in [0.3, 0.4) is 0 Å². The number of hydrogen-bond acceptors (Lipinski definition) is 5. The summed E-state index contributed by atoms with van der Waals surface area (Å²) in [6.07, 6.45) is 1.99. The van der Waals surface area contributed by atoms with Crippen molar-refractivity contribution in [2.75, 3.05) is 25.0 Å². The highest BCUT2D eigenvalue weighted by atomic mass is 32.2. The minimum atomic E-state index is -3.62. The van der Waals surface area contributed by atoms with Gasteiger partial charge in [-0.1, -0.05) is 36.4 Å². The lowest BCUT2D eigenvalue weighted by Gasteiger charge is -2.17. The van der Waals surface area contributed by atoms with Gasteiger partial charge in [-0.2, -0.15) is 4.31 Å². The highest BCUT2D eigenvalue weighted by molar-refractivity contribution is 7.89. The minimum absolute atomic E-state index is 0.0927. The molecule has 0 spiro atoms. The Morgan fingerprint density at radius 1 is 1.03 bits per heavy atom. The number of carbonyl (C=O) groups is 3. The highest BCUT2D eigenvalue weighted by Crippen LogP contribution is 2.23. The van der Waals surface area contributed by atoms with Gasteiger partial charge in [-0.3, -0.25) is 14.5 Å². The van der Waals surface area contributed by atoms with Crippen LogP contribution in [-0.2, 0) is 26.0 Å². The molecule has 2 aliphatic rings. The summed E-state index contributed by atoms with van der Waals surface area (Å²) in [6, 6.07) is 13.9. The number of amides is 4. The fourth-order valence-electron chi connectivity index (χ4n) is 3.87. The molecule has 2 saturated heterocycles. The summed E-state index contributed by atoms with van der Waals surface area (Å²) in [5.74, 6) is -1.07. The molecule has 2 N–H and O–H groups in total. The molecule has 2 aliphatic heterocycles. The first kappa shape index (κ1) is 22.0. The number of nitrogens with one attached hydrogen (secondary N) is 2. The summed E-state index contributed by atoms with van der Waals surface area (Å²) in [5, 5.41) is 5.19. The zero-order valence-electron chi connectivity index (χ0n) is 17.4. The molecule has 1 atom stereocenters. The molecule has 0 saturated carbocycles. The van der Waals surface area contributed by atoms with E-state index in [9.17, 15) is 22.8 Å². The highest BCUT2D eigenvalue weighted by Gasteiger charge is 2.39. The summed E-state index contributed by atoms with van der Waals surface area (Å²) in [6.45, 7) is 0.504. The predicted molar refractivity (Wildman–Crippen MR) is 117 cm³/mol. The van der Waals surface area contributed by atoms with Gasteiger partial charge in [0.1, 0.15) is 12.6 Å². The number of urea groups is 1. The molecular weight excluding hydrogens is 432 g/mol. The first-order valence-electron chi connectivity index (χ1n) is 10.4. The Kier molecular flexibility index (Phi) is 6.24. The average molecular weight is 457 g/mol. The van der Waals surface area contributed by atoms with Crippen molar-refractivity contribution in [3.8, 4) is 0 Å². The number of benzene rings is 2. The molecule has 0 bridgehead atoms. The number of hydrogen-bond donors (Lipinski definition) is 2. The maximum Gasteiger partial charge on any atom is 0.325 e. The molecule has 10 heteroatoms. The Morgan fingerprint density at radius 3 is 2.47 bits per heavy atom. The van der Waals surface area contributed by atoms with Crippen molar-refractivity contribution in [1.82, 2.24) is 14.5 Å². The Bertz CT molecular complexity index is 1130. The topological polar surface area (TPSA) is 116 Å². The van der Waals surface area contributed by atoms with Gasteiger partial charge in [0.25, 0.3) is 5.91 Å². The summed E-state index contributed by atoms with van der Waals surface area (Å²) in [4.78, 5) is 38.3. The number of anilines is 1. The van der Waals surface area contributed by atoms with Crippen LogP contribution in [0.25, 0.3) is 0 Å². The summed E-state index contributed by atoms with van der Waals surface area (Å²) >= 11 is 0. The quantitative estimate of drug-likeness (QED) is 0.614. The van der Waals surface area contributed by atoms with Gasteiger partial charge in [-0.15, -0.1) is 0 Å². The second kappa shape index (κ2) is 9.09. The van der Waals surface area contributed by atoms with E-state index in [1.54, 1.807) is 12.1 Å². The van der Waals surface area contributed by atoms with Crippen molar-refractivity contribution in [2.24, 2.45) is 0 Å². The van der Waals surface area contributed by atoms with Crippen molar-refractivity contribution in [3.63, 3.8) is 0 Å². The Hall–Kier alpha value is -3.24. The van der Waals surface area contributed by atoms with Crippen LogP contribution in [-0.4, -0.2) is 61.1 Å². The van der Waals surface area contributed by atoms with Gasteiger partial charge in [0.2, 0.25) is 15.9 Å². The van der Waals surface area contributed by atoms with Crippen LogP contribution in [0.5, 0.6) is 0 Å². The smallest absolute Gasteiger partial charge is 0.325 e. The van der Waals surface area contributed by atoms with Crippen LogP contribution >= 0.6 is 0 Å². The molecule has 0 radical (unpaired) electrons. The zero-order valence-corrected chi connectivity index (χ0v) is 18.2. The first-order chi connectivity index (χ1) is 15.3. The molecule has 4 rings (SSSR count). The lowest BCUT2D eigenvalue weighted by Crippen LogP contribution is -2.38. The predicted octanol–water partition coefficient (Wildman–Crippen LogP) is 1.57. The molecule has 168 valence electrons. The van der Waals surface area contributed by atoms with Crippen LogP contribution in [0.4, 0.5) is 10.5 Å². The van der Waals surface area contributed by atoms with Crippen LogP contribution in [0, 0.1) is 0 Å². The van der Waals surface area contributed by atoms with Gasteiger partial charge < -0.3 is 10.6 Å². The largest absolute Gasteiger partial charge is 0.325 e. The molecule has 1 unspecified atom stereocenters. The van der Waals surface area contributed by atoms with Gasteiger partial charge in [0.05, 0.1) is 4.90 Å². The van der Waals surface area contributed by atoms with Gasteiger partial charge >= 0.3 is 6.03 Å². The molecule has 32 heavy (non-hydrogen) atoms. The van der Waals surface area contributed by atoms with E-state index in [1.165, 1.54) is 16.4 Å². The van der Waals surface area contributed by atoms with E-state index in [0.29, 0.717) is 19.5 Å². The second-order valence-corrected chi connectivity index (χ2v) is 9.74. The monoisotopic (exact) mass is 456 g/mol. The number of rotatable bonds is 7. The molecule has 0 aliphatic carbocycles. The summed E-state index contributed by atoms with van der Waals surface area (Å²) in [7, 11) is -3.62. The van der Waals surface area contributed by atoms with Crippen molar-refractivity contribution in [2.45, 2.75) is 30.2 Å². The third-order valence-electron chi connectivity index (χ3n) is 5.51. The molecule has 2 aromatic rings. The van der Waals surface area contributed by atoms with E-state index in [1.807, 2.05) is 30.3 Å². The third-order valence-corrected chi connectivity index (χ3v) is 7.41. The summed E-state index contributed by atoms with van der Waals surface area (Å²) in [5.41, 5.74) is 1.18. The van der Waals surface area contributed by atoms with E-state index in [4.69, 9.17) is 0 Å². The van der Waals surface area contributed by atoms with Gasteiger partial charge in [0, 0.05) is 25.2 Å². The summed E-state index contributed by atoms with van der Waals surface area (Å²) < 4.78 is 26.9. The second-order valence-electron chi connectivity index (χ2n) is 7.80. The molecule has 4 amide bonds. The minimum Gasteiger partial charge on any atom is -0.325 e. The number of nitrogens with zero attached hydrogens (tertiary/aromatic N) is 2. The van der Waals surface area contributed by atoms with Crippen LogP contribution in [0.1, 0.15) is 18.4 Å². The normalized spacial score (nSPS) is 19.2. The Labute approximate surface area is 186 Å². The molecule has 0 aromatic heterocycles. The first-order valence-corrected chi connectivity index (χ1v) is 11.8. The average Bonchev–Trinajstić information content (AvgIpc) is 3.41. The van der Waals surface area contributed by atoms with Crippen molar-refractivity contribution in [3.05, 3.63) is 60.2 Å². The molecule has 2 heterocycles. The van der Waals surface area contributed by atoms with Crippen molar-refractivity contribution in [1.29, 1.82) is 0 Å². The number of carbonyl (C=O) groups excluding carboxylic acids is 3. The van der Waals surface area contributed by atoms with Crippen molar-refractivity contribution < 1.29 is 22.8 Å². The lowest BCUT2D eigenvalue weighted by atomic mass is 10.1. The third kappa shape index (κ3) is 4.66. The SMILES string of the molecule is O=C(CN1C(=O)NC(Cc2ccccc2)C1=O)Nc1cccc(S(=O)(=O)N2CCCC2)c1.